The van der Waals surface area contributed by atoms with Crippen LogP contribution < -0.4 is 20.8 Å². The van der Waals surface area contributed by atoms with E-state index in [-0.39, 0.29) is 30.1 Å². The minimum atomic E-state index is -0.377. The van der Waals surface area contributed by atoms with E-state index < -0.39 is 0 Å². The van der Waals surface area contributed by atoms with Gasteiger partial charge in [-0.25, -0.2) is 0 Å². The first kappa shape index (κ1) is 27.2. The summed E-state index contributed by atoms with van der Waals surface area (Å²) in [7, 11) is 0. The van der Waals surface area contributed by atoms with Gasteiger partial charge in [-0.3, -0.25) is 9.59 Å². The van der Waals surface area contributed by atoms with E-state index in [2.05, 4.69) is 33.8 Å². The molecule has 0 atom stereocenters. The summed E-state index contributed by atoms with van der Waals surface area (Å²) >= 11 is 0. The number of aryl methyl sites for hydroxylation is 1. The highest BCUT2D eigenvalue weighted by atomic mass is 16.5. The molecule has 0 amide bonds. The van der Waals surface area contributed by atoms with Crippen molar-refractivity contribution in [1.29, 1.82) is 0 Å². The van der Waals surface area contributed by atoms with Crippen LogP contribution in [-0.2, 0) is 11.3 Å². The zero-order valence-corrected chi connectivity index (χ0v) is 21.2. The zero-order valence-electron chi connectivity index (χ0n) is 21.2. The number of hydrogen-bond donors (Lipinski definition) is 1. The van der Waals surface area contributed by atoms with Crippen molar-refractivity contribution < 1.29 is 14.3 Å². The molecule has 0 saturated heterocycles. The van der Waals surface area contributed by atoms with Crippen LogP contribution in [0, 0.1) is 0 Å². The fraction of sp³-hybridized carbons (Fsp3) is 0.500. The summed E-state index contributed by atoms with van der Waals surface area (Å²) in [6.07, 6.45) is 12.8. The van der Waals surface area contributed by atoms with Gasteiger partial charge in [-0.15, -0.1) is 0 Å². The molecule has 0 spiro atoms. The molecule has 0 aliphatic rings. The Morgan fingerprint density at radius 2 is 1.76 bits per heavy atom. The second kappa shape index (κ2) is 14.3. The first-order chi connectivity index (χ1) is 16.4. The van der Waals surface area contributed by atoms with Crippen molar-refractivity contribution in [3.8, 4) is 11.5 Å². The van der Waals surface area contributed by atoms with E-state index in [9.17, 15) is 9.59 Å². The Labute approximate surface area is 203 Å². The minimum Gasteiger partial charge on any atom is -0.485 e. The fourth-order valence-electron chi connectivity index (χ4n) is 3.94. The van der Waals surface area contributed by atoms with Crippen molar-refractivity contribution in [2.24, 2.45) is 0 Å². The lowest BCUT2D eigenvalue weighted by Crippen LogP contribution is -2.24. The quantitative estimate of drug-likeness (QED) is 0.139. The third kappa shape index (κ3) is 8.08. The van der Waals surface area contributed by atoms with Crippen LogP contribution in [0.15, 0.2) is 46.3 Å². The predicted molar refractivity (Wildman–Crippen MR) is 141 cm³/mol. The average molecular weight is 469 g/mol. The molecule has 186 valence electrons. The number of nitrogens with two attached hydrogens (primary N) is 1. The number of ether oxygens (including phenoxy) is 2. The molecule has 6 nitrogen and oxygen atoms in total. The van der Waals surface area contributed by atoms with Crippen molar-refractivity contribution in [2.45, 2.75) is 85.6 Å². The molecule has 34 heavy (non-hydrogen) atoms. The third-order valence-corrected chi connectivity index (χ3v) is 5.85. The molecule has 2 rings (SSSR count). The number of rotatable bonds is 15. The fourth-order valence-corrected chi connectivity index (χ4v) is 3.94. The van der Waals surface area contributed by atoms with Gasteiger partial charge in [0.1, 0.15) is 6.61 Å². The molecule has 2 aromatic rings. The highest BCUT2D eigenvalue weighted by Gasteiger charge is 2.20. The van der Waals surface area contributed by atoms with Crippen LogP contribution in [0.5, 0.6) is 11.5 Å². The van der Waals surface area contributed by atoms with E-state index in [1.165, 1.54) is 30.4 Å². The van der Waals surface area contributed by atoms with E-state index in [1.54, 1.807) is 16.7 Å². The van der Waals surface area contributed by atoms with Crippen molar-refractivity contribution >= 4 is 23.1 Å². The lowest BCUT2D eigenvalue weighted by atomic mass is 10.1. The lowest BCUT2D eigenvalue weighted by molar-refractivity contribution is -0.120. The number of fused-ring (bicyclic) bond motifs is 1. The number of anilines is 1. The molecule has 0 unspecified atom stereocenters. The Bertz CT molecular complexity index is 1060. The van der Waals surface area contributed by atoms with Crippen LogP contribution in [0.1, 0.15) is 79.1 Å². The van der Waals surface area contributed by atoms with Crippen molar-refractivity contribution in [2.75, 3.05) is 12.3 Å². The molecule has 1 aromatic heterocycles. The molecule has 6 heteroatoms. The molecule has 0 aliphatic carbocycles. The molecule has 0 saturated carbocycles. The van der Waals surface area contributed by atoms with Gasteiger partial charge >= 0.3 is 0 Å². The van der Waals surface area contributed by atoms with E-state index in [4.69, 9.17) is 15.2 Å². The molecule has 2 N–H and O–H groups in total. The van der Waals surface area contributed by atoms with Gasteiger partial charge < -0.3 is 19.8 Å². The zero-order chi connectivity index (χ0) is 24.9. The Balaban J connectivity index is 2.32. The van der Waals surface area contributed by atoms with Crippen LogP contribution in [0.25, 0.3) is 10.9 Å². The Kier molecular flexibility index (Phi) is 11.4. The number of nitrogen functional groups attached to an aromatic ring is 1. The number of pyridine rings is 1. The molecular formula is C28H40N2O4. The molecule has 0 fully saturated rings. The van der Waals surface area contributed by atoms with Gasteiger partial charge in [0.25, 0.3) is 12.0 Å². The van der Waals surface area contributed by atoms with Crippen LogP contribution in [0.2, 0.25) is 0 Å². The smallest absolute Gasteiger partial charge is 0.298 e. The van der Waals surface area contributed by atoms with Gasteiger partial charge in [0.05, 0.1) is 5.52 Å². The molecule has 0 radical (unpaired) electrons. The first-order valence-electron chi connectivity index (χ1n) is 12.4. The monoisotopic (exact) mass is 468 g/mol. The van der Waals surface area contributed by atoms with Crippen LogP contribution in [0.4, 0.5) is 5.69 Å². The first-order valence-corrected chi connectivity index (χ1v) is 12.4. The van der Waals surface area contributed by atoms with Crippen LogP contribution >= 0.6 is 0 Å². The largest absolute Gasteiger partial charge is 0.485 e. The van der Waals surface area contributed by atoms with Crippen LogP contribution in [0.3, 0.4) is 0 Å². The summed E-state index contributed by atoms with van der Waals surface area (Å²) in [6.45, 7) is 9.51. The normalized spacial score (nSPS) is 11.5. The summed E-state index contributed by atoms with van der Waals surface area (Å²) in [5, 5.41) is 0.701. The van der Waals surface area contributed by atoms with Crippen LogP contribution in [-0.4, -0.2) is 17.6 Å². The second-order valence-electron chi connectivity index (χ2n) is 9.06. The Morgan fingerprint density at radius 3 is 2.47 bits per heavy atom. The maximum absolute atomic E-state index is 13.3. The number of carbonyl (C=O) groups excluding carboxylic acids is 1. The topological polar surface area (TPSA) is 83.5 Å². The average Bonchev–Trinajstić information content (AvgIpc) is 2.79. The van der Waals surface area contributed by atoms with Gasteiger partial charge in [0.2, 0.25) is 5.75 Å². The van der Waals surface area contributed by atoms with E-state index in [0.29, 0.717) is 23.1 Å². The molecule has 0 aliphatic heterocycles. The van der Waals surface area contributed by atoms with Gasteiger partial charge in [-0.1, -0.05) is 56.3 Å². The minimum absolute atomic E-state index is 0.0751. The summed E-state index contributed by atoms with van der Waals surface area (Å²) in [4.78, 5) is 24.5. The number of carbonyl (C=O) groups is 1. The van der Waals surface area contributed by atoms with E-state index in [0.717, 1.165) is 32.1 Å². The SMILES string of the molecule is CCCCCCCCn1c(=O)c(OC=O)c(OCC=C(C)CCC=C(C)C)c2ccc(N)cc21. The van der Waals surface area contributed by atoms with E-state index >= 15 is 0 Å². The second-order valence-corrected chi connectivity index (χ2v) is 9.06. The van der Waals surface area contributed by atoms with Gasteiger partial charge in [0, 0.05) is 17.6 Å². The molecule has 1 heterocycles. The number of allylic oxidation sites excluding steroid dienone is 3. The molecular weight excluding hydrogens is 428 g/mol. The van der Waals surface area contributed by atoms with Gasteiger partial charge in [-0.2, -0.15) is 0 Å². The van der Waals surface area contributed by atoms with Crippen molar-refractivity contribution in [3.05, 3.63) is 51.9 Å². The third-order valence-electron chi connectivity index (χ3n) is 5.85. The molecule has 1 aromatic carbocycles. The lowest BCUT2D eigenvalue weighted by Gasteiger charge is -2.17. The summed E-state index contributed by atoms with van der Waals surface area (Å²) < 4.78 is 12.8. The standard InChI is InChI=1S/C28H40N2O4/c1-5-6-7-8-9-10-17-30-25-19-23(29)14-15-24(25)26(27(28(30)32)34-20-31)33-18-16-22(4)13-11-12-21(2)3/h12,14-16,19-20H,5-11,13,17-18,29H2,1-4H3. The maximum Gasteiger partial charge on any atom is 0.298 e. The number of benzene rings is 1. The predicted octanol–water partition coefficient (Wildman–Crippen LogP) is 6.55. The van der Waals surface area contributed by atoms with E-state index in [1.807, 2.05) is 12.1 Å². The highest BCUT2D eigenvalue weighted by molar-refractivity contribution is 5.90. The van der Waals surface area contributed by atoms with Gasteiger partial charge in [0.15, 0.2) is 5.75 Å². The van der Waals surface area contributed by atoms with Crippen molar-refractivity contribution in [3.63, 3.8) is 0 Å². The van der Waals surface area contributed by atoms with Crippen molar-refractivity contribution in [1.82, 2.24) is 4.57 Å². The summed E-state index contributed by atoms with van der Waals surface area (Å²) in [5.74, 6) is 0.202. The Morgan fingerprint density at radius 1 is 1.03 bits per heavy atom. The summed E-state index contributed by atoms with van der Waals surface area (Å²) in [5.41, 5.74) is 9.42. The Hall–Kier alpha value is -3.02. The molecule has 0 bridgehead atoms. The number of aromatic nitrogens is 1. The number of hydrogen-bond acceptors (Lipinski definition) is 5. The van der Waals surface area contributed by atoms with Gasteiger partial charge in [-0.05, 0) is 64.3 Å². The number of nitrogens with zero attached hydrogens (tertiary/aromatic N) is 1. The summed E-state index contributed by atoms with van der Waals surface area (Å²) in [6, 6.07) is 5.37. The maximum atomic E-state index is 13.3. The number of unbranched alkanes of at least 4 members (excludes halogenated alkanes) is 5. The highest BCUT2D eigenvalue weighted by Crippen LogP contribution is 2.34.